The largest absolute Gasteiger partial charge is 0.507 e. The van der Waals surface area contributed by atoms with Crippen molar-refractivity contribution >= 4 is 70.9 Å². The molecule has 1 aliphatic carbocycles. The summed E-state index contributed by atoms with van der Waals surface area (Å²) in [7, 11) is -1.90. The van der Waals surface area contributed by atoms with Crippen LogP contribution in [0.2, 0.25) is 10.0 Å². The number of hydrogen-bond donors (Lipinski definition) is 1. The van der Waals surface area contributed by atoms with Crippen LogP contribution in [0.4, 0.5) is 0 Å². The zero-order chi connectivity index (χ0) is 34.0. The van der Waals surface area contributed by atoms with Crippen molar-refractivity contribution in [1.29, 1.82) is 0 Å². The monoisotopic (exact) mass is 730 g/mol. The molecular formula is C44H38Cl2O2P2. The maximum absolute atomic E-state index is 12.1. The highest BCUT2D eigenvalue weighted by atomic mass is 35.5. The molecule has 0 spiro atoms. The lowest BCUT2D eigenvalue weighted by atomic mass is 9.72. The maximum Gasteiger partial charge on any atom is 0.131 e. The van der Waals surface area contributed by atoms with Crippen LogP contribution in [-0.4, -0.2) is 11.2 Å². The third-order valence-electron chi connectivity index (χ3n) is 10.1. The molecule has 0 amide bonds. The van der Waals surface area contributed by atoms with E-state index in [1.165, 1.54) is 32.1 Å². The van der Waals surface area contributed by atoms with Gasteiger partial charge in [-0.25, -0.2) is 0 Å². The molecule has 6 aromatic carbocycles. The molecule has 1 fully saturated rings. The SMILES string of the molecule is Oc1c(C[C@H]2CCCC3Cc4cc(Cl)cc(P(c5ccccc5)c5ccccc5)c4OC32)cc(Cl)cc1P(c1ccccc1)c1ccccc1. The van der Waals surface area contributed by atoms with Crippen LogP contribution in [0.15, 0.2) is 146 Å². The second kappa shape index (κ2) is 14.9. The van der Waals surface area contributed by atoms with E-state index in [0.717, 1.165) is 47.3 Å². The van der Waals surface area contributed by atoms with E-state index in [9.17, 15) is 5.11 Å². The van der Waals surface area contributed by atoms with Gasteiger partial charge in [0.15, 0.2) is 0 Å². The molecule has 0 bridgehead atoms. The van der Waals surface area contributed by atoms with Crippen molar-refractivity contribution in [2.45, 2.75) is 38.2 Å². The first kappa shape index (κ1) is 33.5. The van der Waals surface area contributed by atoms with Crippen molar-refractivity contribution in [3.05, 3.63) is 167 Å². The predicted molar refractivity (Wildman–Crippen MR) is 215 cm³/mol. The first-order valence-corrected chi connectivity index (χ1v) is 20.8. The summed E-state index contributed by atoms with van der Waals surface area (Å²) in [5, 5.41) is 20.5. The summed E-state index contributed by atoms with van der Waals surface area (Å²) in [6.45, 7) is 0. The predicted octanol–water partition coefficient (Wildman–Crippen LogP) is 9.18. The highest BCUT2D eigenvalue weighted by molar-refractivity contribution is 7.80. The minimum atomic E-state index is -1.01. The molecule has 50 heavy (non-hydrogen) atoms. The molecule has 1 saturated carbocycles. The van der Waals surface area contributed by atoms with Gasteiger partial charge in [0.2, 0.25) is 0 Å². The number of benzene rings is 6. The molecule has 6 aromatic rings. The molecule has 6 heteroatoms. The average Bonchev–Trinajstić information content (AvgIpc) is 3.15. The molecule has 1 aliphatic heterocycles. The van der Waals surface area contributed by atoms with Gasteiger partial charge < -0.3 is 9.84 Å². The number of ether oxygens (including phenoxy) is 1. The zero-order valence-electron chi connectivity index (χ0n) is 27.6. The second-order valence-electron chi connectivity index (χ2n) is 13.3. The minimum Gasteiger partial charge on any atom is -0.507 e. The second-order valence-corrected chi connectivity index (χ2v) is 18.5. The van der Waals surface area contributed by atoms with E-state index < -0.39 is 15.8 Å². The summed E-state index contributed by atoms with van der Waals surface area (Å²) >= 11 is 13.8. The molecule has 0 saturated heterocycles. The molecule has 2 unspecified atom stereocenters. The Bertz CT molecular complexity index is 2000. The number of aromatic hydroxyl groups is 1. The van der Waals surface area contributed by atoms with Gasteiger partial charge in [0, 0.05) is 32.5 Å². The van der Waals surface area contributed by atoms with Gasteiger partial charge in [-0.2, -0.15) is 0 Å². The molecular weight excluding hydrogens is 693 g/mol. The Morgan fingerprint density at radius 2 is 1.08 bits per heavy atom. The quantitative estimate of drug-likeness (QED) is 0.158. The topological polar surface area (TPSA) is 29.5 Å². The zero-order valence-corrected chi connectivity index (χ0v) is 30.9. The van der Waals surface area contributed by atoms with E-state index in [2.05, 4.69) is 121 Å². The van der Waals surface area contributed by atoms with Gasteiger partial charge in [0.25, 0.3) is 0 Å². The van der Waals surface area contributed by atoms with Crippen LogP contribution >= 0.6 is 39.0 Å². The summed E-state index contributed by atoms with van der Waals surface area (Å²) in [4.78, 5) is 0. The lowest BCUT2D eigenvalue weighted by Crippen LogP contribution is -2.44. The van der Waals surface area contributed by atoms with Gasteiger partial charge >= 0.3 is 0 Å². The highest BCUT2D eigenvalue weighted by Gasteiger charge is 2.41. The van der Waals surface area contributed by atoms with Gasteiger partial charge in [-0.15, -0.1) is 0 Å². The summed E-state index contributed by atoms with van der Waals surface area (Å²) < 4.78 is 7.26. The van der Waals surface area contributed by atoms with Crippen molar-refractivity contribution in [1.82, 2.24) is 0 Å². The molecule has 1 N–H and O–H groups in total. The van der Waals surface area contributed by atoms with Gasteiger partial charge in [-0.1, -0.05) is 151 Å². The fourth-order valence-corrected chi connectivity index (χ4v) is 13.4. The van der Waals surface area contributed by atoms with E-state index in [-0.39, 0.29) is 12.0 Å². The molecule has 2 nitrogen and oxygen atoms in total. The summed E-state index contributed by atoms with van der Waals surface area (Å²) in [5.41, 5.74) is 2.11. The van der Waals surface area contributed by atoms with E-state index in [1.54, 1.807) is 0 Å². The van der Waals surface area contributed by atoms with Crippen LogP contribution in [0.1, 0.15) is 30.4 Å². The van der Waals surface area contributed by atoms with Gasteiger partial charge in [0.1, 0.15) is 17.6 Å². The Balaban J connectivity index is 1.17. The van der Waals surface area contributed by atoms with Crippen LogP contribution in [0.25, 0.3) is 0 Å². The Hall–Kier alpha value is -3.64. The summed E-state index contributed by atoms with van der Waals surface area (Å²) in [6, 6.07) is 50.7. The van der Waals surface area contributed by atoms with E-state index in [4.69, 9.17) is 27.9 Å². The van der Waals surface area contributed by atoms with Crippen molar-refractivity contribution in [3.8, 4) is 11.5 Å². The fourth-order valence-electron chi connectivity index (χ4n) is 7.90. The van der Waals surface area contributed by atoms with Crippen LogP contribution in [0, 0.1) is 11.8 Å². The van der Waals surface area contributed by atoms with Gasteiger partial charge in [-0.3, -0.25) is 0 Å². The molecule has 0 radical (unpaired) electrons. The Morgan fingerprint density at radius 3 is 1.62 bits per heavy atom. The number of hydrogen-bond acceptors (Lipinski definition) is 2. The number of halogens is 2. The van der Waals surface area contributed by atoms with Gasteiger partial charge in [-0.05, 0) is 98.1 Å². The third kappa shape index (κ3) is 6.85. The lowest BCUT2D eigenvalue weighted by Gasteiger charge is -2.43. The Morgan fingerprint density at radius 1 is 0.600 bits per heavy atom. The maximum atomic E-state index is 12.1. The molecule has 3 atom stereocenters. The number of fused-ring (bicyclic) bond motifs is 2. The van der Waals surface area contributed by atoms with Crippen LogP contribution in [0.3, 0.4) is 0 Å². The molecule has 250 valence electrons. The minimum absolute atomic E-state index is 0.0335. The molecule has 8 rings (SSSR count). The van der Waals surface area contributed by atoms with Crippen molar-refractivity contribution in [2.75, 3.05) is 0 Å². The van der Waals surface area contributed by atoms with Crippen LogP contribution in [0.5, 0.6) is 11.5 Å². The highest BCUT2D eigenvalue weighted by Crippen LogP contribution is 2.47. The summed E-state index contributed by atoms with van der Waals surface area (Å²) in [6.07, 6.45) is 4.97. The first-order valence-electron chi connectivity index (χ1n) is 17.3. The standard InChI is InChI=1S/C44H38Cl2O2P2/c45-34-26-32(42(47)40(28-34)49(36-16-5-1-6-17-36)37-18-7-2-8-19-37)24-30-14-13-15-31-25-33-27-35(46)29-41(44(33)48-43(30)31)50(38-20-9-3-10-21-38)39-22-11-4-12-23-39/h1-12,16-23,26-31,43,47H,13-15,24-25H2/t30-,31?,43?/m1/s1. The number of rotatable bonds is 8. The normalized spacial score (nSPS) is 18.4. The van der Waals surface area contributed by atoms with Crippen molar-refractivity contribution in [3.63, 3.8) is 0 Å². The Kier molecular flexibility index (Phi) is 9.99. The van der Waals surface area contributed by atoms with Crippen molar-refractivity contribution < 1.29 is 9.84 Å². The Labute approximate surface area is 307 Å². The van der Waals surface area contributed by atoms with Gasteiger partial charge in [0.05, 0.1) is 0 Å². The smallest absolute Gasteiger partial charge is 0.131 e. The molecule has 2 aliphatic rings. The van der Waals surface area contributed by atoms with E-state index in [1.807, 2.05) is 24.3 Å². The molecule has 1 heterocycles. The first-order chi connectivity index (χ1) is 24.5. The van der Waals surface area contributed by atoms with Crippen LogP contribution < -0.4 is 36.6 Å². The average molecular weight is 732 g/mol. The number of phenols is 1. The lowest BCUT2D eigenvalue weighted by molar-refractivity contribution is 0.0253. The van der Waals surface area contributed by atoms with Crippen LogP contribution in [-0.2, 0) is 12.8 Å². The van der Waals surface area contributed by atoms with Crippen molar-refractivity contribution in [2.24, 2.45) is 11.8 Å². The number of phenolic OH excluding ortho intramolecular Hbond substituents is 1. The van der Waals surface area contributed by atoms with E-state index >= 15 is 0 Å². The summed E-state index contributed by atoms with van der Waals surface area (Å²) in [5.74, 6) is 1.98. The van der Waals surface area contributed by atoms with E-state index in [0.29, 0.717) is 23.1 Å². The third-order valence-corrected chi connectivity index (χ3v) is 15.4. The fraction of sp³-hybridized carbons (Fsp3) is 0.182. The molecule has 0 aromatic heterocycles.